The van der Waals surface area contributed by atoms with Gasteiger partial charge in [-0.05, 0) is 48.1 Å². The molecule has 0 saturated heterocycles. The minimum Gasteiger partial charge on any atom is -0.485 e. The highest BCUT2D eigenvalue weighted by Crippen LogP contribution is 2.28. The summed E-state index contributed by atoms with van der Waals surface area (Å²) in [4.78, 5) is 25.3. The number of amides is 2. The molecule has 2 aromatic heterocycles. The molecule has 0 aliphatic heterocycles. The molecule has 3 rings (SSSR count). The number of hydrogen-bond acceptors (Lipinski definition) is 5. The largest absolute Gasteiger partial charge is 0.485 e. The van der Waals surface area contributed by atoms with Crippen LogP contribution in [0.15, 0.2) is 40.9 Å². The molecule has 0 atom stereocenters. The third-order valence-corrected chi connectivity index (χ3v) is 5.12. The highest BCUT2D eigenvalue weighted by atomic mass is 16.5. The van der Waals surface area contributed by atoms with Crippen molar-refractivity contribution in [1.29, 1.82) is 0 Å². The monoisotopic (exact) mass is 452 g/mol. The highest BCUT2D eigenvalue weighted by molar-refractivity contribution is 6.07. The normalized spacial score (nSPS) is 11.2. The Bertz CT molecular complexity index is 1130. The zero-order valence-corrected chi connectivity index (χ0v) is 20.1. The molecule has 33 heavy (non-hydrogen) atoms. The summed E-state index contributed by atoms with van der Waals surface area (Å²) in [6.45, 7) is 11.0. The summed E-state index contributed by atoms with van der Waals surface area (Å²) in [7, 11) is 1.65. The molecule has 0 spiro atoms. The van der Waals surface area contributed by atoms with Gasteiger partial charge < -0.3 is 19.8 Å². The van der Waals surface area contributed by atoms with E-state index in [0.29, 0.717) is 29.8 Å². The maximum atomic E-state index is 12.7. The lowest BCUT2D eigenvalue weighted by molar-refractivity contribution is 0.0940. The molecule has 8 heteroatoms. The number of aryl methyl sites for hydroxylation is 2. The molecule has 8 nitrogen and oxygen atoms in total. The van der Waals surface area contributed by atoms with Crippen molar-refractivity contribution in [3.63, 3.8) is 0 Å². The Balaban J connectivity index is 1.67. The fraction of sp³-hybridized carbons (Fsp3) is 0.400. The molecule has 2 amide bonds. The summed E-state index contributed by atoms with van der Waals surface area (Å²) in [6, 6.07) is 9.42. The number of ether oxygens (including phenoxy) is 1. The molecule has 0 radical (unpaired) electrons. The smallest absolute Gasteiger partial charge is 0.291 e. The molecule has 0 fully saturated rings. The number of hydrogen-bond donors (Lipinski definition) is 2. The first-order valence-corrected chi connectivity index (χ1v) is 11.1. The second kappa shape index (κ2) is 10.4. The van der Waals surface area contributed by atoms with Crippen molar-refractivity contribution in [2.75, 3.05) is 11.9 Å². The maximum absolute atomic E-state index is 12.7. The van der Waals surface area contributed by atoms with Gasteiger partial charge in [-0.2, -0.15) is 5.10 Å². The Hall–Kier alpha value is -3.55. The zero-order chi connectivity index (χ0) is 24.1. The van der Waals surface area contributed by atoms with Crippen LogP contribution < -0.4 is 15.4 Å². The van der Waals surface area contributed by atoms with E-state index in [0.717, 1.165) is 16.9 Å². The standard InChI is InChI=1S/C25H32N4O4/c1-15(2)12-26-25(31)23-20(13-27-29(23)6)28-24(30)21-10-8-18(33-21)14-32-22-11-17(5)7-9-19(22)16(3)4/h7-11,13,15-16H,12,14H2,1-6H3,(H,26,31)(H,28,30). The first-order chi connectivity index (χ1) is 15.7. The summed E-state index contributed by atoms with van der Waals surface area (Å²) in [5.74, 6) is 1.32. The van der Waals surface area contributed by atoms with Crippen molar-refractivity contribution in [2.45, 2.75) is 47.1 Å². The van der Waals surface area contributed by atoms with E-state index in [1.54, 1.807) is 19.2 Å². The summed E-state index contributed by atoms with van der Waals surface area (Å²) in [5, 5.41) is 9.66. The molecular formula is C25H32N4O4. The third kappa shape index (κ3) is 6.03. The molecule has 176 valence electrons. The van der Waals surface area contributed by atoms with Crippen LogP contribution in [0.3, 0.4) is 0 Å². The van der Waals surface area contributed by atoms with Crippen molar-refractivity contribution < 1.29 is 18.7 Å². The van der Waals surface area contributed by atoms with E-state index in [9.17, 15) is 9.59 Å². The first kappa shape index (κ1) is 24.1. The Morgan fingerprint density at radius 2 is 1.88 bits per heavy atom. The quantitative estimate of drug-likeness (QED) is 0.492. The van der Waals surface area contributed by atoms with Crippen molar-refractivity contribution in [1.82, 2.24) is 15.1 Å². The van der Waals surface area contributed by atoms with Crippen molar-refractivity contribution in [3.05, 3.63) is 64.9 Å². The van der Waals surface area contributed by atoms with Gasteiger partial charge in [0, 0.05) is 13.6 Å². The van der Waals surface area contributed by atoms with E-state index in [2.05, 4.69) is 41.7 Å². The van der Waals surface area contributed by atoms with E-state index < -0.39 is 5.91 Å². The molecule has 0 saturated carbocycles. The molecular weight excluding hydrogens is 420 g/mol. The second-order valence-corrected chi connectivity index (χ2v) is 8.84. The van der Waals surface area contributed by atoms with E-state index in [1.165, 1.54) is 10.9 Å². The van der Waals surface area contributed by atoms with Crippen LogP contribution in [0.4, 0.5) is 5.69 Å². The molecule has 1 aromatic carbocycles. The van der Waals surface area contributed by atoms with Gasteiger partial charge in [0.25, 0.3) is 11.8 Å². The molecule has 0 unspecified atom stereocenters. The minimum absolute atomic E-state index is 0.124. The van der Waals surface area contributed by atoms with Gasteiger partial charge in [-0.25, -0.2) is 0 Å². The summed E-state index contributed by atoms with van der Waals surface area (Å²) in [6.07, 6.45) is 1.44. The molecule has 3 aromatic rings. The van der Waals surface area contributed by atoms with Gasteiger partial charge in [0.1, 0.15) is 23.8 Å². The van der Waals surface area contributed by atoms with Gasteiger partial charge in [-0.3, -0.25) is 14.3 Å². The van der Waals surface area contributed by atoms with Crippen LogP contribution in [0, 0.1) is 12.8 Å². The Kier molecular flexibility index (Phi) is 7.58. The van der Waals surface area contributed by atoms with Crippen LogP contribution in [0.25, 0.3) is 0 Å². The average molecular weight is 453 g/mol. The topological polar surface area (TPSA) is 98.4 Å². The second-order valence-electron chi connectivity index (χ2n) is 8.84. The molecule has 2 N–H and O–H groups in total. The number of nitrogens with one attached hydrogen (secondary N) is 2. The van der Waals surface area contributed by atoms with Crippen LogP contribution in [-0.4, -0.2) is 28.1 Å². The lowest BCUT2D eigenvalue weighted by Crippen LogP contribution is -2.30. The van der Waals surface area contributed by atoms with Gasteiger partial charge in [-0.15, -0.1) is 0 Å². The van der Waals surface area contributed by atoms with Gasteiger partial charge in [-0.1, -0.05) is 39.8 Å². The number of anilines is 1. The predicted molar refractivity (Wildman–Crippen MR) is 127 cm³/mol. The molecule has 2 heterocycles. The number of carbonyl (C=O) groups excluding carboxylic acids is 2. The fourth-order valence-corrected chi connectivity index (χ4v) is 3.33. The van der Waals surface area contributed by atoms with Gasteiger partial charge in [0.2, 0.25) is 0 Å². The molecule has 0 bridgehead atoms. The number of nitrogens with zero attached hydrogens (tertiary/aromatic N) is 2. The van der Waals surface area contributed by atoms with Crippen molar-refractivity contribution in [3.8, 4) is 5.75 Å². The van der Waals surface area contributed by atoms with Crippen LogP contribution >= 0.6 is 0 Å². The van der Waals surface area contributed by atoms with Gasteiger partial charge in [0.15, 0.2) is 5.76 Å². The fourth-order valence-electron chi connectivity index (χ4n) is 3.33. The summed E-state index contributed by atoms with van der Waals surface area (Å²) in [5.41, 5.74) is 2.82. The average Bonchev–Trinajstić information content (AvgIpc) is 3.37. The zero-order valence-electron chi connectivity index (χ0n) is 20.1. The van der Waals surface area contributed by atoms with Gasteiger partial charge >= 0.3 is 0 Å². The first-order valence-electron chi connectivity index (χ1n) is 11.1. The van der Waals surface area contributed by atoms with Crippen LogP contribution in [-0.2, 0) is 13.7 Å². The molecule has 0 aliphatic rings. The third-order valence-electron chi connectivity index (χ3n) is 5.12. The highest BCUT2D eigenvalue weighted by Gasteiger charge is 2.21. The van der Waals surface area contributed by atoms with Crippen molar-refractivity contribution >= 4 is 17.5 Å². The van der Waals surface area contributed by atoms with Crippen LogP contribution in [0.1, 0.15) is 71.5 Å². The summed E-state index contributed by atoms with van der Waals surface area (Å²) >= 11 is 0. The SMILES string of the molecule is Cc1ccc(C(C)C)c(OCc2ccc(C(=O)Nc3cnn(C)c3C(=O)NCC(C)C)o2)c1. The number of furan rings is 1. The van der Waals surface area contributed by atoms with Crippen LogP contribution in [0.2, 0.25) is 0 Å². The maximum Gasteiger partial charge on any atom is 0.291 e. The lowest BCUT2D eigenvalue weighted by Gasteiger charge is -2.14. The van der Waals surface area contributed by atoms with E-state index >= 15 is 0 Å². The van der Waals surface area contributed by atoms with E-state index in [4.69, 9.17) is 9.15 Å². The number of carbonyl (C=O) groups is 2. The number of rotatable bonds is 9. The Labute approximate surface area is 194 Å². The lowest BCUT2D eigenvalue weighted by atomic mass is 10.0. The summed E-state index contributed by atoms with van der Waals surface area (Å²) < 4.78 is 13.1. The minimum atomic E-state index is -0.467. The number of benzene rings is 1. The Morgan fingerprint density at radius 1 is 1.12 bits per heavy atom. The van der Waals surface area contributed by atoms with Gasteiger partial charge in [0.05, 0.1) is 11.9 Å². The Morgan fingerprint density at radius 3 is 2.58 bits per heavy atom. The van der Waals surface area contributed by atoms with E-state index in [1.807, 2.05) is 26.8 Å². The van der Waals surface area contributed by atoms with Crippen LogP contribution in [0.5, 0.6) is 5.75 Å². The molecule has 0 aliphatic carbocycles. The number of aromatic nitrogens is 2. The predicted octanol–water partition coefficient (Wildman–Crippen LogP) is 4.66. The van der Waals surface area contributed by atoms with E-state index in [-0.39, 0.29) is 24.0 Å². The van der Waals surface area contributed by atoms with Crippen molar-refractivity contribution in [2.24, 2.45) is 13.0 Å².